The molecule has 30 heavy (non-hydrogen) atoms. The predicted molar refractivity (Wildman–Crippen MR) is 115 cm³/mol. The minimum absolute atomic E-state index is 0.0272. The standard InChI is InChI=1S/C24H28N2O4/c1-16-8-9-21(29-3)20(12-16)26-14-18(13-23(26)27)24(28)25-10-11-30-22(15-25)19-7-5-4-6-17(19)2/h4-9,12,18,22H,10-11,13-15H2,1-3H3/t18-,22-/m0/s1. The molecule has 6 nitrogen and oxygen atoms in total. The van der Waals surface area contributed by atoms with E-state index in [0.717, 1.165) is 22.4 Å². The molecule has 0 N–H and O–H groups in total. The average Bonchev–Trinajstić information content (AvgIpc) is 3.15. The number of hydrogen-bond acceptors (Lipinski definition) is 4. The lowest BCUT2D eigenvalue weighted by Crippen LogP contribution is -2.45. The van der Waals surface area contributed by atoms with E-state index >= 15 is 0 Å². The van der Waals surface area contributed by atoms with Crippen LogP contribution in [0.3, 0.4) is 0 Å². The van der Waals surface area contributed by atoms with Gasteiger partial charge in [0.15, 0.2) is 0 Å². The van der Waals surface area contributed by atoms with Crippen molar-refractivity contribution in [2.75, 3.05) is 38.3 Å². The molecule has 2 heterocycles. The van der Waals surface area contributed by atoms with Crippen molar-refractivity contribution < 1.29 is 19.1 Å². The number of ether oxygens (including phenoxy) is 2. The van der Waals surface area contributed by atoms with Crippen LogP contribution in [-0.4, -0.2) is 50.1 Å². The summed E-state index contributed by atoms with van der Waals surface area (Å²) >= 11 is 0. The summed E-state index contributed by atoms with van der Waals surface area (Å²) in [5.41, 5.74) is 4.05. The average molecular weight is 408 g/mol. The molecule has 2 aromatic carbocycles. The van der Waals surface area contributed by atoms with E-state index in [1.165, 1.54) is 0 Å². The van der Waals surface area contributed by atoms with E-state index in [2.05, 4.69) is 19.1 Å². The maximum atomic E-state index is 13.3. The Balaban J connectivity index is 1.49. The van der Waals surface area contributed by atoms with Gasteiger partial charge >= 0.3 is 0 Å². The number of rotatable bonds is 4. The highest BCUT2D eigenvalue weighted by atomic mass is 16.5. The van der Waals surface area contributed by atoms with Crippen molar-refractivity contribution in [3.63, 3.8) is 0 Å². The van der Waals surface area contributed by atoms with Gasteiger partial charge in [-0.3, -0.25) is 9.59 Å². The molecule has 0 saturated carbocycles. The summed E-state index contributed by atoms with van der Waals surface area (Å²) in [6.45, 7) is 5.99. The van der Waals surface area contributed by atoms with Crippen LogP contribution >= 0.6 is 0 Å². The molecule has 2 aliphatic heterocycles. The molecule has 2 saturated heterocycles. The van der Waals surface area contributed by atoms with Gasteiger partial charge in [0.2, 0.25) is 11.8 Å². The molecule has 2 aliphatic rings. The third-order valence-electron chi connectivity index (χ3n) is 6.01. The number of aryl methyl sites for hydroxylation is 2. The molecule has 0 radical (unpaired) electrons. The number of methoxy groups -OCH3 is 1. The Morgan fingerprint density at radius 2 is 1.93 bits per heavy atom. The van der Waals surface area contributed by atoms with Crippen molar-refractivity contribution >= 4 is 17.5 Å². The molecule has 0 unspecified atom stereocenters. The molecule has 2 fully saturated rings. The number of hydrogen-bond donors (Lipinski definition) is 0. The molecular formula is C24H28N2O4. The van der Waals surface area contributed by atoms with Crippen molar-refractivity contribution in [3.05, 3.63) is 59.2 Å². The van der Waals surface area contributed by atoms with Gasteiger partial charge in [0, 0.05) is 19.5 Å². The molecule has 0 spiro atoms. The van der Waals surface area contributed by atoms with Crippen molar-refractivity contribution in [2.45, 2.75) is 26.4 Å². The van der Waals surface area contributed by atoms with E-state index < -0.39 is 0 Å². The number of carbonyl (C=O) groups excluding carboxylic acids is 2. The zero-order valence-electron chi connectivity index (χ0n) is 17.8. The first-order valence-electron chi connectivity index (χ1n) is 10.4. The van der Waals surface area contributed by atoms with Crippen LogP contribution in [0.25, 0.3) is 0 Å². The Morgan fingerprint density at radius 1 is 1.13 bits per heavy atom. The van der Waals surface area contributed by atoms with E-state index in [-0.39, 0.29) is 30.3 Å². The van der Waals surface area contributed by atoms with Crippen LogP contribution in [0.2, 0.25) is 0 Å². The minimum Gasteiger partial charge on any atom is -0.495 e. The van der Waals surface area contributed by atoms with Gasteiger partial charge in [-0.05, 0) is 42.7 Å². The normalized spacial score (nSPS) is 21.8. The van der Waals surface area contributed by atoms with E-state index in [0.29, 0.717) is 32.0 Å². The topological polar surface area (TPSA) is 59.1 Å². The lowest BCUT2D eigenvalue weighted by atomic mass is 10.0. The smallest absolute Gasteiger partial charge is 0.228 e. The molecule has 0 bridgehead atoms. The molecule has 158 valence electrons. The third-order valence-corrected chi connectivity index (χ3v) is 6.01. The van der Waals surface area contributed by atoms with E-state index in [1.54, 1.807) is 12.0 Å². The summed E-state index contributed by atoms with van der Waals surface area (Å²) in [4.78, 5) is 29.6. The zero-order valence-corrected chi connectivity index (χ0v) is 17.8. The fourth-order valence-corrected chi connectivity index (χ4v) is 4.36. The zero-order chi connectivity index (χ0) is 21.3. The lowest BCUT2D eigenvalue weighted by molar-refractivity contribution is -0.143. The van der Waals surface area contributed by atoms with Crippen LogP contribution in [0, 0.1) is 19.8 Å². The number of anilines is 1. The number of amides is 2. The monoisotopic (exact) mass is 408 g/mol. The summed E-state index contributed by atoms with van der Waals surface area (Å²) in [7, 11) is 1.59. The second kappa shape index (κ2) is 8.48. The van der Waals surface area contributed by atoms with E-state index in [4.69, 9.17) is 9.47 Å². The number of nitrogens with zero attached hydrogens (tertiary/aromatic N) is 2. The summed E-state index contributed by atoms with van der Waals surface area (Å²) in [6.07, 6.45) is 0.0939. The molecule has 2 amide bonds. The van der Waals surface area contributed by atoms with Crippen LogP contribution in [0.1, 0.15) is 29.2 Å². The highest BCUT2D eigenvalue weighted by molar-refractivity contribution is 6.01. The highest BCUT2D eigenvalue weighted by Gasteiger charge is 2.39. The largest absolute Gasteiger partial charge is 0.495 e. The van der Waals surface area contributed by atoms with Gasteiger partial charge < -0.3 is 19.3 Å². The van der Waals surface area contributed by atoms with Gasteiger partial charge in [0.1, 0.15) is 11.9 Å². The first kappa shape index (κ1) is 20.4. The molecule has 2 aromatic rings. The molecule has 6 heteroatoms. The number of carbonyl (C=O) groups is 2. The minimum atomic E-state index is -0.349. The van der Waals surface area contributed by atoms with Crippen LogP contribution in [-0.2, 0) is 14.3 Å². The lowest BCUT2D eigenvalue weighted by Gasteiger charge is -2.35. The summed E-state index contributed by atoms with van der Waals surface area (Å²) in [5, 5.41) is 0. The molecule has 0 aromatic heterocycles. The highest BCUT2D eigenvalue weighted by Crippen LogP contribution is 2.35. The van der Waals surface area contributed by atoms with Crippen molar-refractivity contribution in [1.82, 2.24) is 4.90 Å². The van der Waals surface area contributed by atoms with Crippen LogP contribution in [0.15, 0.2) is 42.5 Å². The molecule has 2 atom stereocenters. The fourth-order valence-electron chi connectivity index (χ4n) is 4.36. The van der Waals surface area contributed by atoms with Crippen molar-refractivity contribution in [3.8, 4) is 5.75 Å². The molecule has 0 aliphatic carbocycles. The first-order valence-corrected chi connectivity index (χ1v) is 10.4. The summed E-state index contributed by atoms with van der Waals surface area (Å²) < 4.78 is 11.4. The van der Waals surface area contributed by atoms with Gasteiger partial charge in [-0.25, -0.2) is 0 Å². The van der Waals surface area contributed by atoms with Gasteiger partial charge in [0.25, 0.3) is 0 Å². The van der Waals surface area contributed by atoms with Crippen LogP contribution < -0.4 is 9.64 Å². The maximum Gasteiger partial charge on any atom is 0.228 e. The van der Waals surface area contributed by atoms with Gasteiger partial charge in [0.05, 0.1) is 31.9 Å². The summed E-state index contributed by atoms with van der Waals surface area (Å²) in [5.74, 6) is 0.284. The van der Waals surface area contributed by atoms with Gasteiger partial charge in [-0.15, -0.1) is 0 Å². The SMILES string of the molecule is COc1ccc(C)cc1N1C[C@@H](C(=O)N2CCO[C@H](c3ccccc3C)C2)CC1=O. The molecular weight excluding hydrogens is 380 g/mol. The van der Waals surface area contributed by atoms with Gasteiger partial charge in [-0.2, -0.15) is 0 Å². The first-order chi connectivity index (χ1) is 14.5. The van der Waals surface area contributed by atoms with E-state index in [9.17, 15) is 9.59 Å². The Hall–Kier alpha value is -2.86. The predicted octanol–water partition coefficient (Wildman–Crippen LogP) is 3.27. The summed E-state index contributed by atoms with van der Waals surface area (Å²) in [6, 6.07) is 13.9. The second-order valence-electron chi connectivity index (χ2n) is 8.08. The molecule has 4 rings (SSSR count). The van der Waals surface area contributed by atoms with Gasteiger partial charge in [-0.1, -0.05) is 30.3 Å². The quantitative estimate of drug-likeness (QED) is 0.779. The van der Waals surface area contributed by atoms with Crippen LogP contribution in [0.5, 0.6) is 5.75 Å². The Bertz CT molecular complexity index is 958. The Kier molecular flexibility index (Phi) is 5.77. The Labute approximate surface area is 177 Å². The van der Waals surface area contributed by atoms with E-state index in [1.807, 2.05) is 42.2 Å². The fraction of sp³-hybridized carbons (Fsp3) is 0.417. The second-order valence-corrected chi connectivity index (χ2v) is 8.08. The number of morpholine rings is 1. The van der Waals surface area contributed by atoms with Crippen molar-refractivity contribution in [2.24, 2.45) is 5.92 Å². The third kappa shape index (κ3) is 3.92. The van der Waals surface area contributed by atoms with Crippen LogP contribution in [0.4, 0.5) is 5.69 Å². The maximum absolute atomic E-state index is 13.3. The van der Waals surface area contributed by atoms with Crippen molar-refractivity contribution in [1.29, 1.82) is 0 Å². The Morgan fingerprint density at radius 3 is 2.70 bits per heavy atom. The number of benzene rings is 2.